The molecule has 1 aromatic carbocycles. The van der Waals surface area contributed by atoms with Crippen molar-refractivity contribution in [2.75, 3.05) is 0 Å². The second-order valence-electron chi connectivity index (χ2n) is 4.14. The van der Waals surface area contributed by atoms with Crippen LogP contribution in [0.2, 0.25) is 5.15 Å². The van der Waals surface area contributed by atoms with Crippen LogP contribution in [0, 0.1) is 6.92 Å². The van der Waals surface area contributed by atoms with Crippen LogP contribution in [0.5, 0.6) is 0 Å². The van der Waals surface area contributed by atoms with Crippen LogP contribution in [-0.2, 0) is 12.7 Å². The number of alkyl halides is 3. The van der Waals surface area contributed by atoms with E-state index >= 15 is 0 Å². The van der Waals surface area contributed by atoms with Gasteiger partial charge in [-0.3, -0.25) is 9.89 Å². The molecule has 7 heteroatoms. The minimum atomic E-state index is -4.36. The Hall–Kier alpha value is -1.69. The molecule has 0 amide bonds. The van der Waals surface area contributed by atoms with Gasteiger partial charge in [0.05, 0.1) is 17.7 Å². The first kappa shape index (κ1) is 13.7. The summed E-state index contributed by atoms with van der Waals surface area (Å²) in [6.45, 7) is 1.72. The van der Waals surface area contributed by atoms with E-state index in [1.807, 2.05) is 0 Å². The molecule has 0 aliphatic carbocycles. The lowest BCUT2D eigenvalue weighted by atomic mass is 10.1. The molecule has 0 saturated carbocycles. The Bertz CT molecular complexity index is 640. The van der Waals surface area contributed by atoms with Gasteiger partial charge in [-0.25, -0.2) is 4.68 Å². The normalized spacial score (nSPS) is 11.8. The number of hydrogen-bond donors (Lipinski definition) is 1. The van der Waals surface area contributed by atoms with Crippen LogP contribution >= 0.6 is 11.6 Å². The van der Waals surface area contributed by atoms with Crippen molar-refractivity contribution in [3.63, 3.8) is 0 Å². The summed E-state index contributed by atoms with van der Waals surface area (Å²) in [5.41, 5.74) is -0.0456. The van der Waals surface area contributed by atoms with Gasteiger partial charge in [0.15, 0.2) is 0 Å². The number of aromatic nitrogens is 2. The summed E-state index contributed by atoms with van der Waals surface area (Å²) in [6.07, 6.45) is -4.36. The predicted octanol–water partition coefficient (Wildman–Crippen LogP) is 3.21. The number of hydrogen-bond acceptors (Lipinski definition) is 1. The molecular formula is C12H10ClF3N2O. The molecule has 0 atom stereocenters. The molecule has 0 unspecified atom stereocenters. The fraction of sp³-hybridized carbons (Fsp3) is 0.250. The van der Waals surface area contributed by atoms with Crippen molar-refractivity contribution in [2.24, 2.45) is 0 Å². The number of benzene rings is 1. The largest absolute Gasteiger partial charge is 0.416 e. The highest BCUT2D eigenvalue weighted by Gasteiger charge is 2.29. The van der Waals surface area contributed by atoms with Gasteiger partial charge in [0, 0.05) is 0 Å². The molecule has 0 aliphatic heterocycles. The summed E-state index contributed by atoms with van der Waals surface area (Å²) in [5.74, 6) is 0. The smallest absolute Gasteiger partial charge is 0.284 e. The second kappa shape index (κ2) is 4.77. The molecule has 102 valence electrons. The van der Waals surface area contributed by atoms with Gasteiger partial charge in [-0.1, -0.05) is 23.7 Å². The van der Waals surface area contributed by atoms with Crippen LogP contribution in [0.1, 0.15) is 16.7 Å². The van der Waals surface area contributed by atoms with Gasteiger partial charge < -0.3 is 0 Å². The average molecular weight is 291 g/mol. The van der Waals surface area contributed by atoms with Crippen molar-refractivity contribution in [2.45, 2.75) is 19.6 Å². The molecule has 1 heterocycles. The molecule has 0 radical (unpaired) electrons. The van der Waals surface area contributed by atoms with Crippen LogP contribution in [-0.4, -0.2) is 9.78 Å². The number of halogens is 4. The fourth-order valence-electron chi connectivity index (χ4n) is 1.64. The topological polar surface area (TPSA) is 37.8 Å². The Morgan fingerprint density at radius 1 is 1.26 bits per heavy atom. The SMILES string of the molecule is Cc1c(Cl)[nH]n(Cc2ccc(C(F)(F)F)cc2)c1=O. The van der Waals surface area contributed by atoms with E-state index < -0.39 is 11.7 Å². The minimum Gasteiger partial charge on any atom is -0.284 e. The van der Waals surface area contributed by atoms with E-state index in [0.717, 1.165) is 12.1 Å². The minimum absolute atomic E-state index is 0.143. The van der Waals surface area contributed by atoms with Gasteiger partial charge in [0.1, 0.15) is 5.15 Å². The van der Waals surface area contributed by atoms with Crippen LogP contribution in [0.15, 0.2) is 29.1 Å². The summed E-state index contributed by atoms with van der Waals surface area (Å²) in [5, 5.41) is 2.89. The molecule has 2 aromatic rings. The van der Waals surface area contributed by atoms with Gasteiger partial charge in [-0.2, -0.15) is 13.2 Å². The van der Waals surface area contributed by atoms with Crippen LogP contribution in [0.3, 0.4) is 0 Å². The standard InChI is InChI=1S/C12H10ClF3N2O/c1-7-10(13)17-18(11(7)19)6-8-2-4-9(5-3-8)12(14,15)16/h2-5,17H,6H2,1H3. The van der Waals surface area contributed by atoms with E-state index in [0.29, 0.717) is 11.1 Å². The van der Waals surface area contributed by atoms with E-state index in [2.05, 4.69) is 5.10 Å². The van der Waals surface area contributed by atoms with E-state index in [-0.39, 0.29) is 17.3 Å². The van der Waals surface area contributed by atoms with Crippen molar-refractivity contribution in [3.05, 3.63) is 56.5 Å². The molecule has 0 saturated heterocycles. The zero-order valence-corrected chi connectivity index (χ0v) is 10.6. The van der Waals surface area contributed by atoms with Crippen molar-refractivity contribution >= 4 is 11.6 Å². The molecule has 19 heavy (non-hydrogen) atoms. The van der Waals surface area contributed by atoms with Crippen molar-refractivity contribution < 1.29 is 13.2 Å². The summed E-state index contributed by atoms with van der Waals surface area (Å²) in [6, 6.07) is 4.63. The Morgan fingerprint density at radius 2 is 1.84 bits per heavy atom. The summed E-state index contributed by atoms with van der Waals surface area (Å²) in [4.78, 5) is 11.7. The number of nitrogens with one attached hydrogen (secondary N) is 1. The van der Waals surface area contributed by atoms with Crippen LogP contribution in [0.25, 0.3) is 0 Å². The van der Waals surface area contributed by atoms with E-state index in [1.54, 1.807) is 6.92 Å². The summed E-state index contributed by atoms with van der Waals surface area (Å²) in [7, 11) is 0. The lowest BCUT2D eigenvalue weighted by Crippen LogP contribution is -2.18. The lowest BCUT2D eigenvalue weighted by molar-refractivity contribution is -0.137. The molecule has 1 N–H and O–H groups in total. The maximum atomic E-state index is 12.4. The van der Waals surface area contributed by atoms with Crippen molar-refractivity contribution in [3.8, 4) is 0 Å². The van der Waals surface area contributed by atoms with Crippen LogP contribution < -0.4 is 5.56 Å². The van der Waals surface area contributed by atoms with Gasteiger partial charge in [-0.05, 0) is 24.6 Å². The average Bonchev–Trinajstić information content (AvgIpc) is 2.57. The maximum absolute atomic E-state index is 12.4. The third kappa shape index (κ3) is 2.84. The second-order valence-corrected chi connectivity index (χ2v) is 4.51. The molecule has 1 aromatic heterocycles. The van der Waals surface area contributed by atoms with Crippen molar-refractivity contribution in [1.29, 1.82) is 0 Å². The van der Waals surface area contributed by atoms with E-state index in [9.17, 15) is 18.0 Å². The van der Waals surface area contributed by atoms with Gasteiger partial charge >= 0.3 is 6.18 Å². The Labute approximate surface area is 111 Å². The number of nitrogens with zero attached hydrogens (tertiary/aromatic N) is 1. The summed E-state index contributed by atoms with van der Waals surface area (Å²) < 4.78 is 38.4. The van der Waals surface area contributed by atoms with Crippen molar-refractivity contribution in [1.82, 2.24) is 9.78 Å². The highest BCUT2D eigenvalue weighted by molar-refractivity contribution is 6.30. The Morgan fingerprint density at radius 3 is 2.26 bits per heavy atom. The highest BCUT2D eigenvalue weighted by Crippen LogP contribution is 2.29. The molecule has 0 spiro atoms. The highest BCUT2D eigenvalue weighted by atomic mass is 35.5. The summed E-state index contributed by atoms with van der Waals surface area (Å²) >= 11 is 5.76. The van der Waals surface area contributed by atoms with Gasteiger partial charge in [0.2, 0.25) is 0 Å². The molecular weight excluding hydrogens is 281 g/mol. The van der Waals surface area contributed by atoms with E-state index in [1.165, 1.54) is 16.8 Å². The first-order valence-electron chi connectivity index (χ1n) is 5.40. The van der Waals surface area contributed by atoms with Gasteiger partial charge in [-0.15, -0.1) is 0 Å². The number of rotatable bonds is 2. The maximum Gasteiger partial charge on any atom is 0.416 e. The van der Waals surface area contributed by atoms with E-state index in [4.69, 9.17) is 11.6 Å². The Kier molecular flexibility index (Phi) is 3.45. The number of H-pyrrole nitrogens is 1. The first-order valence-corrected chi connectivity index (χ1v) is 5.78. The molecule has 0 aliphatic rings. The molecule has 2 rings (SSSR count). The third-order valence-electron chi connectivity index (χ3n) is 2.75. The fourth-order valence-corrected chi connectivity index (χ4v) is 1.83. The Balaban J connectivity index is 2.25. The lowest BCUT2D eigenvalue weighted by Gasteiger charge is -2.07. The molecule has 0 fully saturated rings. The zero-order valence-electron chi connectivity index (χ0n) is 9.88. The van der Waals surface area contributed by atoms with Crippen LogP contribution in [0.4, 0.5) is 13.2 Å². The molecule has 3 nitrogen and oxygen atoms in total. The quantitative estimate of drug-likeness (QED) is 0.906. The number of aromatic amines is 1. The zero-order chi connectivity index (χ0) is 14.2. The first-order chi connectivity index (χ1) is 8.79. The third-order valence-corrected chi connectivity index (χ3v) is 3.12. The van der Waals surface area contributed by atoms with Gasteiger partial charge in [0.25, 0.3) is 5.56 Å². The predicted molar refractivity (Wildman–Crippen MR) is 65.3 cm³/mol. The molecule has 0 bridgehead atoms. The monoisotopic (exact) mass is 290 g/mol.